The van der Waals surface area contributed by atoms with Crippen LogP contribution in [0.4, 0.5) is 0 Å². The van der Waals surface area contributed by atoms with E-state index in [0.29, 0.717) is 6.54 Å². The van der Waals surface area contributed by atoms with Crippen molar-refractivity contribution in [1.29, 1.82) is 0 Å². The minimum absolute atomic E-state index is 0.637. The van der Waals surface area contributed by atoms with Crippen molar-refractivity contribution in [1.82, 2.24) is 4.98 Å². The molecule has 1 aromatic rings. The molecular weight excluding hydrogens is 144 g/mol. The molecule has 54 valence electrons. The highest BCUT2D eigenvalue weighted by Crippen LogP contribution is 2.29. The monoisotopic (exact) mass is 154 g/mol. The number of aromatic nitrogens is 1. The molecule has 3 N–H and O–H groups in total. The van der Waals surface area contributed by atoms with Gasteiger partial charge in [-0.2, -0.15) is 11.8 Å². The summed E-state index contributed by atoms with van der Waals surface area (Å²) in [5.41, 5.74) is 9.47. The molecule has 0 spiro atoms. The maximum absolute atomic E-state index is 5.47. The van der Waals surface area contributed by atoms with Crippen molar-refractivity contribution < 1.29 is 0 Å². The van der Waals surface area contributed by atoms with Crippen molar-refractivity contribution in [2.45, 2.75) is 18.1 Å². The molecule has 10 heavy (non-hydrogen) atoms. The SMILES string of the molecule is NCc1cc2c([nH]1)CSC2. The van der Waals surface area contributed by atoms with Gasteiger partial charge in [0.25, 0.3) is 0 Å². The van der Waals surface area contributed by atoms with E-state index in [1.807, 2.05) is 11.8 Å². The first-order valence-electron chi connectivity index (χ1n) is 3.37. The normalized spacial score (nSPS) is 15.7. The van der Waals surface area contributed by atoms with E-state index in [1.165, 1.54) is 17.0 Å². The van der Waals surface area contributed by atoms with Crippen molar-refractivity contribution in [3.05, 3.63) is 23.0 Å². The molecule has 0 atom stereocenters. The van der Waals surface area contributed by atoms with Crippen molar-refractivity contribution in [2.24, 2.45) is 5.73 Å². The molecule has 3 heteroatoms. The van der Waals surface area contributed by atoms with Crippen LogP contribution < -0.4 is 5.73 Å². The average molecular weight is 154 g/mol. The van der Waals surface area contributed by atoms with Crippen LogP contribution in [-0.2, 0) is 18.1 Å². The zero-order chi connectivity index (χ0) is 6.97. The number of nitrogens with two attached hydrogens (primary N) is 1. The van der Waals surface area contributed by atoms with Gasteiger partial charge in [0.2, 0.25) is 0 Å². The Morgan fingerprint density at radius 1 is 1.60 bits per heavy atom. The third-order valence-electron chi connectivity index (χ3n) is 1.77. The summed E-state index contributed by atoms with van der Waals surface area (Å²) in [6.45, 7) is 0.637. The summed E-state index contributed by atoms with van der Waals surface area (Å²) in [6, 6.07) is 2.18. The van der Waals surface area contributed by atoms with Crippen LogP contribution in [0, 0.1) is 0 Å². The molecule has 0 bridgehead atoms. The molecule has 1 aliphatic rings. The molecule has 0 aromatic carbocycles. The summed E-state index contributed by atoms with van der Waals surface area (Å²) in [7, 11) is 0. The summed E-state index contributed by atoms with van der Waals surface area (Å²) >= 11 is 1.96. The third kappa shape index (κ3) is 0.859. The lowest BCUT2D eigenvalue weighted by Gasteiger charge is -1.89. The van der Waals surface area contributed by atoms with Gasteiger partial charge in [0.1, 0.15) is 0 Å². The van der Waals surface area contributed by atoms with E-state index in [1.54, 1.807) is 0 Å². The van der Waals surface area contributed by atoms with E-state index in [2.05, 4.69) is 11.1 Å². The Kier molecular flexibility index (Phi) is 1.47. The smallest absolute Gasteiger partial charge is 0.0342 e. The number of thioether (sulfide) groups is 1. The van der Waals surface area contributed by atoms with Crippen LogP contribution in [0.2, 0.25) is 0 Å². The fourth-order valence-electron chi connectivity index (χ4n) is 1.24. The Morgan fingerprint density at radius 3 is 3.20 bits per heavy atom. The molecule has 0 fully saturated rings. The van der Waals surface area contributed by atoms with Crippen molar-refractivity contribution >= 4 is 11.8 Å². The summed E-state index contributed by atoms with van der Waals surface area (Å²) in [4.78, 5) is 3.30. The summed E-state index contributed by atoms with van der Waals surface area (Å²) in [5, 5.41) is 0. The van der Waals surface area contributed by atoms with Gasteiger partial charge in [0, 0.05) is 29.4 Å². The second kappa shape index (κ2) is 2.32. The van der Waals surface area contributed by atoms with E-state index in [-0.39, 0.29) is 0 Å². The molecule has 0 aliphatic carbocycles. The van der Waals surface area contributed by atoms with Crippen LogP contribution in [0.15, 0.2) is 6.07 Å². The van der Waals surface area contributed by atoms with E-state index >= 15 is 0 Å². The maximum Gasteiger partial charge on any atom is 0.0342 e. The fourth-order valence-corrected chi connectivity index (χ4v) is 2.28. The standard InChI is InChI=1S/C7H10N2S/c8-2-6-1-5-3-10-4-7(5)9-6/h1,9H,2-4,8H2. The van der Waals surface area contributed by atoms with Crippen LogP contribution in [0.1, 0.15) is 17.0 Å². The Labute approximate surface area is 64.2 Å². The summed E-state index contributed by atoms with van der Waals surface area (Å²) < 4.78 is 0. The van der Waals surface area contributed by atoms with Crippen molar-refractivity contribution in [3.8, 4) is 0 Å². The predicted octanol–water partition coefficient (Wildman–Crippen LogP) is 1.22. The molecule has 0 unspecified atom stereocenters. The second-order valence-corrected chi connectivity index (χ2v) is 3.48. The summed E-state index contributed by atoms with van der Waals surface area (Å²) in [6.07, 6.45) is 0. The second-order valence-electron chi connectivity index (χ2n) is 2.50. The van der Waals surface area contributed by atoms with Gasteiger partial charge in [-0.15, -0.1) is 0 Å². The van der Waals surface area contributed by atoms with Crippen LogP contribution in [0.5, 0.6) is 0 Å². The molecule has 0 amide bonds. The Morgan fingerprint density at radius 2 is 2.50 bits per heavy atom. The quantitative estimate of drug-likeness (QED) is 0.638. The van der Waals surface area contributed by atoms with Gasteiger partial charge in [-0.25, -0.2) is 0 Å². The molecule has 2 rings (SSSR count). The van der Waals surface area contributed by atoms with Crippen LogP contribution in [0.3, 0.4) is 0 Å². The molecule has 0 saturated heterocycles. The Bertz CT molecular complexity index is 220. The molecule has 1 aliphatic heterocycles. The van der Waals surface area contributed by atoms with Gasteiger partial charge in [-0.3, -0.25) is 0 Å². The van der Waals surface area contributed by atoms with Crippen LogP contribution in [0.25, 0.3) is 0 Å². The lowest BCUT2D eigenvalue weighted by molar-refractivity contribution is 0.996. The first-order valence-corrected chi connectivity index (χ1v) is 4.53. The lowest BCUT2D eigenvalue weighted by Crippen LogP contribution is -1.96. The third-order valence-corrected chi connectivity index (χ3v) is 2.78. The zero-order valence-corrected chi connectivity index (χ0v) is 6.50. The highest BCUT2D eigenvalue weighted by atomic mass is 32.2. The van der Waals surface area contributed by atoms with Gasteiger partial charge in [0.05, 0.1) is 0 Å². The molecular formula is C7H10N2S. The van der Waals surface area contributed by atoms with E-state index in [9.17, 15) is 0 Å². The first kappa shape index (κ1) is 6.31. The highest BCUT2D eigenvalue weighted by Gasteiger charge is 2.13. The lowest BCUT2D eigenvalue weighted by atomic mass is 10.3. The van der Waals surface area contributed by atoms with Gasteiger partial charge in [0.15, 0.2) is 0 Å². The number of hydrogen-bond donors (Lipinski definition) is 2. The summed E-state index contributed by atoms with van der Waals surface area (Å²) in [5.74, 6) is 2.29. The first-order chi connectivity index (χ1) is 4.90. The molecule has 0 saturated carbocycles. The Hall–Kier alpha value is -0.410. The van der Waals surface area contributed by atoms with Crippen molar-refractivity contribution in [2.75, 3.05) is 0 Å². The van der Waals surface area contributed by atoms with E-state index in [0.717, 1.165) is 11.5 Å². The number of hydrogen-bond acceptors (Lipinski definition) is 2. The maximum atomic E-state index is 5.47. The average Bonchev–Trinajstić information content (AvgIpc) is 2.42. The number of rotatable bonds is 1. The topological polar surface area (TPSA) is 41.8 Å². The number of fused-ring (bicyclic) bond motifs is 1. The van der Waals surface area contributed by atoms with Crippen LogP contribution in [-0.4, -0.2) is 4.98 Å². The zero-order valence-electron chi connectivity index (χ0n) is 5.68. The molecule has 2 heterocycles. The van der Waals surface area contributed by atoms with E-state index in [4.69, 9.17) is 5.73 Å². The van der Waals surface area contributed by atoms with Gasteiger partial charge in [-0.05, 0) is 11.6 Å². The fraction of sp³-hybridized carbons (Fsp3) is 0.429. The van der Waals surface area contributed by atoms with Gasteiger partial charge in [-0.1, -0.05) is 0 Å². The minimum atomic E-state index is 0.637. The van der Waals surface area contributed by atoms with Gasteiger partial charge < -0.3 is 10.7 Å². The van der Waals surface area contributed by atoms with Gasteiger partial charge >= 0.3 is 0 Å². The van der Waals surface area contributed by atoms with Crippen molar-refractivity contribution in [3.63, 3.8) is 0 Å². The largest absolute Gasteiger partial charge is 0.360 e. The molecule has 2 nitrogen and oxygen atoms in total. The minimum Gasteiger partial charge on any atom is -0.360 e. The van der Waals surface area contributed by atoms with Crippen LogP contribution >= 0.6 is 11.8 Å². The Balaban J connectivity index is 2.37. The number of nitrogens with one attached hydrogen (secondary N) is 1. The number of H-pyrrole nitrogens is 1. The highest BCUT2D eigenvalue weighted by molar-refractivity contribution is 7.98. The molecule has 1 aromatic heterocycles. The predicted molar refractivity (Wildman–Crippen MR) is 43.7 cm³/mol. The van der Waals surface area contributed by atoms with E-state index < -0.39 is 0 Å². The molecule has 0 radical (unpaired) electrons. The number of aromatic amines is 1.